The van der Waals surface area contributed by atoms with E-state index in [-0.39, 0.29) is 0 Å². The summed E-state index contributed by atoms with van der Waals surface area (Å²) in [6.45, 7) is 2.13. The van der Waals surface area contributed by atoms with Crippen LogP contribution in [0.15, 0.2) is 12.1 Å². The van der Waals surface area contributed by atoms with Crippen LogP contribution in [-0.4, -0.2) is 26.3 Å². The number of hydrogen-bond donors (Lipinski definition) is 1. The molecule has 0 saturated heterocycles. The highest BCUT2D eigenvalue weighted by molar-refractivity contribution is 6.38. The Bertz CT molecular complexity index is 629. The molecule has 0 atom stereocenters. The second kappa shape index (κ2) is 6.18. The van der Waals surface area contributed by atoms with E-state index in [1.54, 1.807) is 20.3 Å². The summed E-state index contributed by atoms with van der Waals surface area (Å²) < 4.78 is 10.7. The molecular formula is C15H19ClN2O2. The minimum atomic E-state index is 0.545. The van der Waals surface area contributed by atoms with Crippen LogP contribution in [0.1, 0.15) is 19.0 Å². The molecule has 2 rings (SSSR count). The summed E-state index contributed by atoms with van der Waals surface area (Å²) in [5, 5.41) is 4.55. The number of aryl methyl sites for hydroxylation is 1. The summed E-state index contributed by atoms with van der Waals surface area (Å²) in [6, 6.07) is 3.80. The van der Waals surface area contributed by atoms with Crippen LogP contribution in [-0.2, 0) is 6.42 Å². The van der Waals surface area contributed by atoms with Crippen molar-refractivity contribution in [3.63, 3.8) is 0 Å². The van der Waals surface area contributed by atoms with Crippen LogP contribution >= 0.6 is 11.6 Å². The third-order valence-electron chi connectivity index (χ3n) is 3.22. The number of fused-ring (bicyclic) bond motifs is 1. The number of halogens is 1. The highest BCUT2D eigenvalue weighted by atomic mass is 35.5. The molecule has 0 aliphatic carbocycles. The van der Waals surface area contributed by atoms with Gasteiger partial charge in [0.25, 0.3) is 0 Å². The molecule has 0 bridgehead atoms. The van der Waals surface area contributed by atoms with E-state index < -0.39 is 0 Å². The van der Waals surface area contributed by atoms with Crippen molar-refractivity contribution in [2.24, 2.45) is 0 Å². The summed E-state index contributed by atoms with van der Waals surface area (Å²) >= 11 is 6.42. The second-order valence-electron chi connectivity index (χ2n) is 4.48. The van der Waals surface area contributed by atoms with Gasteiger partial charge in [0.1, 0.15) is 17.0 Å². The van der Waals surface area contributed by atoms with Crippen LogP contribution in [0.5, 0.6) is 11.5 Å². The zero-order chi connectivity index (χ0) is 14.7. The standard InChI is InChI=1S/C15H19ClN2O2/c1-5-6-9-7-10(17-2)13-14(16)11(19-3)8-12(20-4)15(13)18-9/h7-8H,5-6H2,1-4H3,(H,17,18). The largest absolute Gasteiger partial charge is 0.495 e. The summed E-state index contributed by atoms with van der Waals surface area (Å²) in [5.41, 5.74) is 2.71. The molecule has 0 aliphatic heterocycles. The molecular weight excluding hydrogens is 276 g/mol. The monoisotopic (exact) mass is 294 g/mol. The normalized spacial score (nSPS) is 10.7. The Morgan fingerprint density at radius 3 is 2.45 bits per heavy atom. The minimum Gasteiger partial charge on any atom is -0.495 e. The van der Waals surface area contributed by atoms with Crippen LogP contribution in [0.25, 0.3) is 10.9 Å². The number of rotatable bonds is 5. The molecule has 0 unspecified atom stereocenters. The van der Waals surface area contributed by atoms with Gasteiger partial charge in [-0.2, -0.15) is 0 Å². The minimum absolute atomic E-state index is 0.545. The molecule has 0 radical (unpaired) electrons. The third-order valence-corrected chi connectivity index (χ3v) is 3.59. The van der Waals surface area contributed by atoms with Crippen molar-refractivity contribution in [2.75, 3.05) is 26.6 Å². The van der Waals surface area contributed by atoms with E-state index >= 15 is 0 Å². The molecule has 1 heterocycles. The first kappa shape index (κ1) is 14.7. The van der Waals surface area contributed by atoms with Crippen LogP contribution in [0.3, 0.4) is 0 Å². The molecule has 4 nitrogen and oxygen atoms in total. The molecule has 1 N–H and O–H groups in total. The molecule has 108 valence electrons. The van der Waals surface area contributed by atoms with Gasteiger partial charge >= 0.3 is 0 Å². The molecule has 5 heteroatoms. The number of pyridine rings is 1. The molecule has 1 aromatic carbocycles. The van der Waals surface area contributed by atoms with Crippen LogP contribution in [0.2, 0.25) is 5.02 Å². The molecule has 2 aromatic rings. The number of hydrogen-bond acceptors (Lipinski definition) is 4. The summed E-state index contributed by atoms with van der Waals surface area (Å²) in [4.78, 5) is 4.68. The molecule has 0 aliphatic rings. The van der Waals surface area contributed by atoms with Crippen molar-refractivity contribution >= 4 is 28.2 Å². The molecule has 0 spiro atoms. The van der Waals surface area contributed by atoms with E-state index in [0.717, 1.165) is 35.1 Å². The van der Waals surface area contributed by atoms with Crippen molar-refractivity contribution in [3.05, 3.63) is 22.8 Å². The predicted octanol–water partition coefficient (Wildman–Crippen LogP) is 3.90. The van der Waals surface area contributed by atoms with E-state index in [9.17, 15) is 0 Å². The van der Waals surface area contributed by atoms with E-state index in [1.165, 1.54) is 0 Å². The van der Waals surface area contributed by atoms with Crippen molar-refractivity contribution < 1.29 is 9.47 Å². The van der Waals surface area contributed by atoms with Gasteiger partial charge in [-0.15, -0.1) is 0 Å². The molecule has 20 heavy (non-hydrogen) atoms. The first-order valence-electron chi connectivity index (χ1n) is 6.58. The number of ether oxygens (including phenoxy) is 2. The van der Waals surface area contributed by atoms with Gasteiger partial charge in [-0.3, -0.25) is 0 Å². The summed E-state index contributed by atoms with van der Waals surface area (Å²) in [6.07, 6.45) is 1.95. The average molecular weight is 295 g/mol. The Labute approximate surface area is 124 Å². The number of benzene rings is 1. The lowest BCUT2D eigenvalue weighted by atomic mass is 10.1. The van der Waals surface area contributed by atoms with Crippen molar-refractivity contribution in [2.45, 2.75) is 19.8 Å². The van der Waals surface area contributed by atoms with E-state index in [2.05, 4.69) is 17.2 Å². The summed E-state index contributed by atoms with van der Waals surface area (Å²) in [7, 11) is 5.08. The van der Waals surface area contributed by atoms with Gasteiger partial charge in [0, 0.05) is 29.9 Å². The lowest BCUT2D eigenvalue weighted by Gasteiger charge is -2.15. The van der Waals surface area contributed by atoms with Crippen molar-refractivity contribution in [1.82, 2.24) is 4.98 Å². The van der Waals surface area contributed by atoms with E-state index in [1.807, 2.05) is 13.1 Å². The third kappa shape index (κ3) is 2.48. The average Bonchev–Trinajstić information content (AvgIpc) is 2.47. The second-order valence-corrected chi connectivity index (χ2v) is 4.86. The molecule has 0 amide bonds. The first-order chi connectivity index (χ1) is 9.65. The molecule has 0 fully saturated rings. The number of anilines is 1. The fourth-order valence-electron chi connectivity index (χ4n) is 2.26. The zero-order valence-electron chi connectivity index (χ0n) is 12.2. The van der Waals surface area contributed by atoms with E-state index in [4.69, 9.17) is 21.1 Å². The smallest absolute Gasteiger partial charge is 0.148 e. The number of aromatic nitrogens is 1. The number of nitrogens with one attached hydrogen (secondary N) is 1. The van der Waals surface area contributed by atoms with E-state index in [0.29, 0.717) is 16.5 Å². The van der Waals surface area contributed by atoms with Crippen LogP contribution in [0, 0.1) is 0 Å². The Morgan fingerprint density at radius 1 is 1.20 bits per heavy atom. The number of methoxy groups -OCH3 is 2. The Hall–Kier alpha value is -1.68. The van der Waals surface area contributed by atoms with Gasteiger partial charge < -0.3 is 14.8 Å². The van der Waals surface area contributed by atoms with Crippen LogP contribution in [0.4, 0.5) is 5.69 Å². The quantitative estimate of drug-likeness (QED) is 0.908. The Morgan fingerprint density at radius 2 is 1.90 bits per heavy atom. The first-order valence-corrected chi connectivity index (χ1v) is 6.95. The maximum atomic E-state index is 6.42. The van der Waals surface area contributed by atoms with Crippen molar-refractivity contribution in [3.8, 4) is 11.5 Å². The summed E-state index contributed by atoms with van der Waals surface area (Å²) in [5.74, 6) is 1.24. The maximum Gasteiger partial charge on any atom is 0.148 e. The van der Waals surface area contributed by atoms with Gasteiger partial charge in [-0.1, -0.05) is 24.9 Å². The lowest BCUT2D eigenvalue weighted by Crippen LogP contribution is -2.00. The van der Waals surface area contributed by atoms with Gasteiger partial charge in [0.2, 0.25) is 0 Å². The van der Waals surface area contributed by atoms with Crippen molar-refractivity contribution in [1.29, 1.82) is 0 Å². The lowest BCUT2D eigenvalue weighted by molar-refractivity contribution is 0.397. The maximum absolute atomic E-state index is 6.42. The molecule has 0 saturated carbocycles. The van der Waals surface area contributed by atoms with Gasteiger partial charge in [0.05, 0.1) is 19.2 Å². The predicted molar refractivity (Wildman–Crippen MR) is 83.4 cm³/mol. The molecule has 1 aromatic heterocycles. The highest BCUT2D eigenvalue weighted by Crippen LogP contribution is 2.41. The number of nitrogens with zero attached hydrogens (tertiary/aromatic N) is 1. The Balaban J connectivity index is 2.83. The van der Waals surface area contributed by atoms with Gasteiger partial charge in [-0.25, -0.2) is 4.98 Å². The fourth-order valence-corrected chi connectivity index (χ4v) is 2.58. The highest BCUT2D eigenvalue weighted by Gasteiger charge is 2.17. The topological polar surface area (TPSA) is 43.4 Å². The van der Waals surface area contributed by atoms with Crippen LogP contribution < -0.4 is 14.8 Å². The van der Waals surface area contributed by atoms with Gasteiger partial charge in [0.15, 0.2) is 0 Å². The Kier molecular flexibility index (Phi) is 4.55. The fraction of sp³-hybridized carbons (Fsp3) is 0.400. The zero-order valence-corrected chi connectivity index (χ0v) is 13.0. The van der Waals surface area contributed by atoms with Gasteiger partial charge in [-0.05, 0) is 12.5 Å². The SMILES string of the molecule is CCCc1cc(NC)c2c(Cl)c(OC)cc(OC)c2n1.